The molecular formula is C14H13ClN2O4S. The molecule has 0 spiro atoms. The largest absolute Gasteiger partial charge is 0.495 e. The average Bonchev–Trinajstić information content (AvgIpc) is 2.79. The number of anilines is 1. The maximum Gasteiger partial charge on any atom is 0.347 e. The molecule has 2 aromatic rings. The van der Waals surface area contributed by atoms with Crippen molar-refractivity contribution in [1.29, 1.82) is 0 Å². The van der Waals surface area contributed by atoms with Gasteiger partial charge < -0.3 is 15.2 Å². The van der Waals surface area contributed by atoms with E-state index in [0.29, 0.717) is 27.2 Å². The number of benzene rings is 1. The summed E-state index contributed by atoms with van der Waals surface area (Å²) in [7, 11) is 1.49. The van der Waals surface area contributed by atoms with Crippen LogP contribution in [0.15, 0.2) is 18.2 Å². The molecule has 1 aromatic heterocycles. The average molecular weight is 341 g/mol. The van der Waals surface area contributed by atoms with Crippen molar-refractivity contribution in [3.05, 3.63) is 38.8 Å². The first-order valence-electron chi connectivity index (χ1n) is 6.23. The Morgan fingerprint density at radius 2 is 2.18 bits per heavy atom. The van der Waals surface area contributed by atoms with Gasteiger partial charge in [-0.15, -0.1) is 11.3 Å². The zero-order valence-corrected chi connectivity index (χ0v) is 13.4. The Hall–Kier alpha value is -2.12. The Balaban J connectivity index is 2.12. The molecule has 1 aromatic carbocycles. The molecule has 22 heavy (non-hydrogen) atoms. The van der Waals surface area contributed by atoms with Gasteiger partial charge in [0.1, 0.15) is 15.6 Å². The number of ether oxygens (including phenoxy) is 1. The van der Waals surface area contributed by atoms with Gasteiger partial charge in [-0.3, -0.25) is 4.79 Å². The summed E-state index contributed by atoms with van der Waals surface area (Å²) in [5.74, 6) is -0.885. The lowest BCUT2D eigenvalue weighted by molar-refractivity contribution is -0.115. The zero-order valence-electron chi connectivity index (χ0n) is 11.8. The van der Waals surface area contributed by atoms with Crippen LogP contribution in [0.2, 0.25) is 5.02 Å². The number of hydrogen-bond acceptors (Lipinski definition) is 5. The van der Waals surface area contributed by atoms with Crippen molar-refractivity contribution < 1.29 is 19.4 Å². The van der Waals surface area contributed by atoms with Gasteiger partial charge in [0, 0.05) is 5.02 Å². The number of aromatic carboxylic acids is 1. The number of carboxylic acid groups (broad SMARTS) is 1. The standard InChI is InChI=1S/C14H13ClN2O4S/c1-7-13(14(19)20)22-12(16-7)6-11(18)17-9-5-8(15)3-4-10(9)21-2/h3-5H,6H2,1-2H3,(H,17,18)(H,19,20). The van der Waals surface area contributed by atoms with Crippen LogP contribution in [0, 0.1) is 6.92 Å². The summed E-state index contributed by atoms with van der Waals surface area (Å²) in [5, 5.41) is 12.6. The van der Waals surface area contributed by atoms with Gasteiger partial charge in [0.15, 0.2) is 0 Å². The number of methoxy groups -OCH3 is 1. The minimum atomic E-state index is -1.04. The second-order valence-corrected chi connectivity index (χ2v) is 5.92. The van der Waals surface area contributed by atoms with Crippen LogP contribution >= 0.6 is 22.9 Å². The SMILES string of the molecule is COc1ccc(Cl)cc1NC(=O)Cc1nc(C)c(C(=O)O)s1. The molecule has 116 valence electrons. The molecule has 0 saturated carbocycles. The number of amides is 1. The summed E-state index contributed by atoms with van der Waals surface area (Å²) in [5.41, 5.74) is 0.854. The predicted octanol–water partition coefficient (Wildman–Crippen LogP) is 2.99. The number of hydrogen-bond donors (Lipinski definition) is 2. The van der Waals surface area contributed by atoms with Crippen molar-refractivity contribution in [3.8, 4) is 5.75 Å². The summed E-state index contributed by atoms with van der Waals surface area (Å²) >= 11 is 6.88. The van der Waals surface area contributed by atoms with Crippen LogP contribution in [0.5, 0.6) is 5.75 Å². The lowest BCUT2D eigenvalue weighted by Crippen LogP contribution is -2.15. The summed E-state index contributed by atoms with van der Waals surface area (Å²) < 4.78 is 5.14. The van der Waals surface area contributed by atoms with E-state index in [1.54, 1.807) is 25.1 Å². The van der Waals surface area contributed by atoms with Crippen LogP contribution in [-0.2, 0) is 11.2 Å². The molecular weight excluding hydrogens is 328 g/mol. The van der Waals surface area contributed by atoms with Crippen LogP contribution in [0.1, 0.15) is 20.4 Å². The van der Waals surface area contributed by atoms with E-state index in [9.17, 15) is 9.59 Å². The summed E-state index contributed by atoms with van der Waals surface area (Å²) in [6.45, 7) is 1.60. The topological polar surface area (TPSA) is 88.5 Å². The lowest BCUT2D eigenvalue weighted by atomic mass is 10.2. The number of carbonyl (C=O) groups excluding carboxylic acids is 1. The van der Waals surface area contributed by atoms with Crippen LogP contribution in [-0.4, -0.2) is 29.1 Å². The zero-order chi connectivity index (χ0) is 16.3. The molecule has 0 fully saturated rings. The molecule has 0 aliphatic heterocycles. The first-order chi connectivity index (χ1) is 10.4. The fourth-order valence-electron chi connectivity index (χ4n) is 1.84. The summed E-state index contributed by atoms with van der Waals surface area (Å²) in [4.78, 5) is 27.3. The second kappa shape index (κ2) is 6.76. The van der Waals surface area contributed by atoms with Crippen LogP contribution in [0.4, 0.5) is 5.69 Å². The van der Waals surface area contributed by atoms with Gasteiger partial charge in [0.25, 0.3) is 0 Å². The van der Waals surface area contributed by atoms with Crippen molar-refractivity contribution in [2.24, 2.45) is 0 Å². The van der Waals surface area contributed by atoms with Gasteiger partial charge in [-0.25, -0.2) is 9.78 Å². The highest BCUT2D eigenvalue weighted by Crippen LogP contribution is 2.28. The van der Waals surface area contributed by atoms with E-state index in [4.69, 9.17) is 21.4 Å². The number of thiazole rings is 1. The number of halogens is 1. The van der Waals surface area contributed by atoms with Gasteiger partial charge in [0.2, 0.25) is 5.91 Å². The third kappa shape index (κ3) is 3.75. The Bertz CT molecular complexity index is 730. The third-order valence-electron chi connectivity index (χ3n) is 2.78. The highest BCUT2D eigenvalue weighted by molar-refractivity contribution is 7.13. The molecule has 0 saturated heterocycles. The van der Waals surface area contributed by atoms with Crippen molar-refractivity contribution in [2.75, 3.05) is 12.4 Å². The molecule has 2 N–H and O–H groups in total. The number of carboxylic acids is 1. The summed E-state index contributed by atoms with van der Waals surface area (Å²) in [6, 6.07) is 4.88. The Morgan fingerprint density at radius 1 is 1.45 bits per heavy atom. The van der Waals surface area contributed by atoms with Crippen LogP contribution in [0.25, 0.3) is 0 Å². The third-order valence-corrected chi connectivity index (χ3v) is 4.16. The maximum atomic E-state index is 12.1. The number of carbonyl (C=O) groups is 2. The quantitative estimate of drug-likeness (QED) is 0.873. The fraction of sp³-hybridized carbons (Fsp3) is 0.214. The van der Waals surface area contributed by atoms with E-state index >= 15 is 0 Å². The molecule has 0 atom stereocenters. The first kappa shape index (κ1) is 16.3. The Labute approximate surface area is 135 Å². The molecule has 1 heterocycles. The molecule has 0 aliphatic rings. The Kier molecular flexibility index (Phi) is 4.99. The second-order valence-electron chi connectivity index (χ2n) is 4.40. The van der Waals surface area contributed by atoms with E-state index in [-0.39, 0.29) is 17.2 Å². The highest BCUT2D eigenvalue weighted by atomic mass is 35.5. The molecule has 0 unspecified atom stereocenters. The molecule has 0 aliphatic carbocycles. The van der Waals surface area contributed by atoms with E-state index in [0.717, 1.165) is 11.3 Å². The maximum absolute atomic E-state index is 12.1. The van der Waals surface area contributed by atoms with Gasteiger partial charge in [-0.1, -0.05) is 11.6 Å². The van der Waals surface area contributed by atoms with Gasteiger partial charge in [-0.05, 0) is 25.1 Å². The number of nitrogens with one attached hydrogen (secondary N) is 1. The fourth-order valence-corrected chi connectivity index (χ4v) is 2.91. The lowest BCUT2D eigenvalue weighted by Gasteiger charge is -2.09. The normalized spacial score (nSPS) is 10.3. The molecule has 0 bridgehead atoms. The molecule has 0 radical (unpaired) electrons. The molecule has 1 amide bonds. The smallest absolute Gasteiger partial charge is 0.347 e. The van der Waals surface area contributed by atoms with Crippen LogP contribution in [0.3, 0.4) is 0 Å². The van der Waals surface area contributed by atoms with E-state index in [2.05, 4.69) is 10.3 Å². The van der Waals surface area contributed by atoms with E-state index in [1.807, 2.05) is 0 Å². The molecule has 8 heteroatoms. The van der Waals surface area contributed by atoms with Crippen molar-refractivity contribution in [3.63, 3.8) is 0 Å². The minimum absolute atomic E-state index is 0.0194. The number of aromatic nitrogens is 1. The van der Waals surface area contributed by atoms with Crippen molar-refractivity contribution >= 4 is 40.5 Å². The van der Waals surface area contributed by atoms with Crippen LogP contribution < -0.4 is 10.1 Å². The number of nitrogens with zero attached hydrogens (tertiary/aromatic N) is 1. The predicted molar refractivity (Wildman–Crippen MR) is 84.1 cm³/mol. The van der Waals surface area contributed by atoms with E-state index < -0.39 is 5.97 Å². The highest BCUT2D eigenvalue weighted by Gasteiger charge is 2.16. The molecule has 6 nitrogen and oxygen atoms in total. The van der Waals surface area contributed by atoms with Crippen molar-refractivity contribution in [1.82, 2.24) is 4.98 Å². The Morgan fingerprint density at radius 3 is 2.77 bits per heavy atom. The van der Waals surface area contributed by atoms with Crippen molar-refractivity contribution in [2.45, 2.75) is 13.3 Å². The minimum Gasteiger partial charge on any atom is -0.495 e. The van der Waals surface area contributed by atoms with E-state index in [1.165, 1.54) is 7.11 Å². The molecule has 2 rings (SSSR count). The number of aryl methyl sites for hydroxylation is 1. The number of rotatable bonds is 5. The monoisotopic (exact) mass is 340 g/mol. The van der Waals surface area contributed by atoms with Gasteiger partial charge in [-0.2, -0.15) is 0 Å². The first-order valence-corrected chi connectivity index (χ1v) is 7.43. The summed E-state index contributed by atoms with van der Waals surface area (Å²) in [6.07, 6.45) is -0.0194. The van der Waals surface area contributed by atoms with Gasteiger partial charge in [0.05, 0.1) is 24.9 Å². The van der Waals surface area contributed by atoms with Gasteiger partial charge >= 0.3 is 5.97 Å².